The van der Waals surface area contributed by atoms with Crippen LogP contribution in [0.3, 0.4) is 0 Å². The first-order valence-corrected chi connectivity index (χ1v) is 5.35. The smallest absolute Gasteiger partial charge is 0.224 e. The number of nitrogen functional groups attached to an aromatic ring is 1. The zero-order valence-corrected chi connectivity index (χ0v) is 10.1. The van der Waals surface area contributed by atoms with Crippen molar-refractivity contribution in [2.24, 2.45) is 0 Å². The molecule has 1 heterocycles. The molecular weight excluding hydrogens is 244 g/mol. The second-order valence-corrected chi connectivity index (χ2v) is 4.12. The van der Waals surface area contributed by atoms with Gasteiger partial charge in [-0.3, -0.25) is 0 Å². The van der Waals surface area contributed by atoms with Crippen molar-refractivity contribution in [2.45, 2.75) is 6.92 Å². The molecule has 0 fully saturated rings. The van der Waals surface area contributed by atoms with Gasteiger partial charge in [0, 0.05) is 5.56 Å². The van der Waals surface area contributed by atoms with Gasteiger partial charge in [-0.05, 0) is 36.8 Å². The molecule has 1 aromatic carbocycles. The van der Waals surface area contributed by atoms with Crippen molar-refractivity contribution < 1.29 is 0 Å². The number of aromatic nitrogens is 3. The zero-order valence-electron chi connectivity index (χ0n) is 8.49. The predicted octanol–water partition coefficient (Wildman–Crippen LogP) is 2.75. The Labute approximate surface area is 103 Å². The van der Waals surface area contributed by atoms with E-state index in [1.54, 1.807) is 0 Å². The summed E-state index contributed by atoms with van der Waals surface area (Å²) in [6.45, 7) is 1.96. The van der Waals surface area contributed by atoms with E-state index < -0.39 is 0 Å². The Hall–Kier alpha value is -1.46. The Kier molecular flexibility index (Phi) is 2.89. The molecule has 0 spiro atoms. The van der Waals surface area contributed by atoms with E-state index in [9.17, 15) is 0 Å². The zero-order chi connectivity index (χ0) is 11.7. The van der Waals surface area contributed by atoms with E-state index in [4.69, 9.17) is 29.6 Å². The van der Waals surface area contributed by atoms with E-state index in [2.05, 4.69) is 15.0 Å². The van der Waals surface area contributed by atoms with Crippen molar-refractivity contribution in [2.75, 3.05) is 5.73 Å². The van der Waals surface area contributed by atoms with E-state index in [1.807, 2.05) is 25.1 Å². The summed E-state index contributed by atoms with van der Waals surface area (Å²) in [5, 5.41) is 0.601. The Balaban J connectivity index is 2.63. The lowest BCUT2D eigenvalue weighted by molar-refractivity contribution is 1.05. The Bertz CT molecular complexity index is 594. The van der Waals surface area contributed by atoms with E-state index in [0.29, 0.717) is 10.8 Å². The normalized spacial score (nSPS) is 10.4. The molecular formula is C10H9ClN4S. The van der Waals surface area contributed by atoms with Crippen LogP contribution in [0.5, 0.6) is 0 Å². The summed E-state index contributed by atoms with van der Waals surface area (Å²) in [5.41, 5.74) is 7.40. The molecule has 0 aliphatic rings. The second kappa shape index (κ2) is 4.19. The van der Waals surface area contributed by atoms with Gasteiger partial charge in [-0.15, -0.1) is 0 Å². The van der Waals surface area contributed by atoms with Gasteiger partial charge in [-0.1, -0.05) is 17.7 Å². The lowest BCUT2D eigenvalue weighted by Crippen LogP contribution is -2.00. The molecule has 16 heavy (non-hydrogen) atoms. The summed E-state index contributed by atoms with van der Waals surface area (Å²) in [7, 11) is 0. The van der Waals surface area contributed by atoms with Gasteiger partial charge in [0.1, 0.15) is 5.82 Å². The maximum absolute atomic E-state index is 6.11. The summed E-state index contributed by atoms with van der Waals surface area (Å²) in [4.78, 5) is 10.7. The molecule has 82 valence electrons. The van der Waals surface area contributed by atoms with Crippen LogP contribution in [-0.4, -0.2) is 15.0 Å². The topological polar surface area (TPSA) is 67.6 Å². The van der Waals surface area contributed by atoms with Crippen LogP contribution in [0.25, 0.3) is 11.4 Å². The van der Waals surface area contributed by atoms with Gasteiger partial charge in [-0.25, -0.2) is 4.98 Å². The number of aromatic amines is 1. The molecule has 1 aromatic heterocycles. The van der Waals surface area contributed by atoms with Crippen LogP contribution in [0.1, 0.15) is 5.56 Å². The first-order chi connectivity index (χ1) is 7.56. The highest BCUT2D eigenvalue weighted by atomic mass is 35.5. The quantitative estimate of drug-likeness (QED) is 0.766. The standard InChI is InChI=1S/C10H9ClN4S/c1-5-2-3-6(7(11)4-5)8-13-9(12)15-10(16)14-8/h2-4H,1H3,(H3,12,13,14,15,16). The number of aryl methyl sites for hydroxylation is 1. The molecule has 0 radical (unpaired) electrons. The lowest BCUT2D eigenvalue weighted by Gasteiger charge is -2.05. The Morgan fingerprint density at radius 3 is 2.75 bits per heavy atom. The van der Waals surface area contributed by atoms with Crippen LogP contribution >= 0.6 is 23.8 Å². The summed E-state index contributed by atoms with van der Waals surface area (Å²) < 4.78 is 0.197. The van der Waals surface area contributed by atoms with E-state index in [-0.39, 0.29) is 10.7 Å². The number of halogens is 1. The van der Waals surface area contributed by atoms with Crippen molar-refractivity contribution in [1.29, 1.82) is 0 Å². The minimum atomic E-state index is 0.197. The molecule has 0 atom stereocenters. The van der Waals surface area contributed by atoms with Gasteiger partial charge in [0.05, 0.1) is 5.02 Å². The molecule has 0 aliphatic heterocycles. The SMILES string of the molecule is Cc1ccc(-c2nc(=S)nc(N)[nH]2)c(Cl)c1. The van der Waals surface area contributed by atoms with Crippen LogP contribution < -0.4 is 5.73 Å². The monoisotopic (exact) mass is 252 g/mol. The molecule has 0 amide bonds. The van der Waals surface area contributed by atoms with Crippen LogP contribution in [0, 0.1) is 11.7 Å². The second-order valence-electron chi connectivity index (χ2n) is 3.35. The van der Waals surface area contributed by atoms with Gasteiger partial charge < -0.3 is 10.7 Å². The summed E-state index contributed by atoms with van der Waals surface area (Å²) in [6, 6.07) is 5.66. The molecule has 3 N–H and O–H groups in total. The molecule has 0 saturated carbocycles. The number of anilines is 1. The summed E-state index contributed by atoms with van der Waals surface area (Å²) in [6.07, 6.45) is 0. The fourth-order valence-corrected chi connectivity index (χ4v) is 1.85. The highest BCUT2D eigenvalue weighted by Crippen LogP contribution is 2.25. The third-order valence-electron chi connectivity index (χ3n) is 2.05. The average Bonchev–Trinajstić information content (AvgIpc) is 2.15. The fourth-order valence-electron chi connectivity index (χ4n) is 1.34. The highest BCUT2D eigenvalue weighted by Gasteiger charge is 2.06. The number of rotatable bonds is 1. The molecule has 0 unspecified atom stereocenters. The number of nitrogens with two attached hydrogens (primary N) is 1. The largest absolute Gasteiger partial charge is 0.369 e. The lowest BCUT2D eigenvalue weighted by atomic mass is 10.1. The van der Waals surface area contributed by atoms with E-state index in [0.717, 1.165) is 11.1 Å². The predicted molar refractivity (Wildman–Crippen MR) is 66.8 cm³/mol. The number of nitrogens with one attached hydrogen (secondary N) is 1. The van der Waals surface area contributed by atoms with Gasteiger partial charge in [0.2, 0.25) is 10.7 Å². The minimum absolute atomic E-state index is 0.197. The van der Waals surface area contributed by atoms with Crippen molar-refractivity contribution in [3.63, 3.8) is 0 Å². The van der Waals surface area contributed by atoms with Crippen molar-refractivity contribution in [3.8, 4) is 11.4 Å². The first-order valence-electron chi connectivity index (χ1n) is 4.56. The first kappa shape index (κ1) is 11.0. The molecule has 0 bridgehead atoms. The van der Waals surface area contributed by atoms with Crippen molar-refractivity contribution in [3.05, 3.63) is 33.6 Å². The van der Waals surface area contributed by atoms with Crippen molar-refractivity contribution >= 4 is 29.8 Å². The summed E-state index contributed by atoms with van der Waals surface area (Å²) in [5.74, 6) is 0.758. The van der Waals surface area contributed by atoms with E-state index in [1.165, 1.54) is 0 Å². The third-order valence-corrected chi connectivity index (χ3v) is 2.55. The van der Waals surface area contributed by atoms with Gasteiger partial charge in [0.15, 0.2) is 0 Å². The molecule has 4 nitrogen and oxygen atoms in total. The van der Waals surface area contributed by atoms with Crippen LogP contribution in [0.15, 0.2) is 18.2 Å². The molecule has 0 aliphatic carbocycles. The van der Waals surface area contributed by atoms with Crippen LogP contribution in [-0.2, 0) is 0 Å². The van der Waals surface area contributed by atoms with E-state index >= 15 is 0 Å². The van der Waals surface area contributed by atoms with Crippen molar-refractivity contribution in [1.82, 2.24) is 15.0 Å². The maximum Gasteiger partial charge on any atom is 0.224 e. The number of hydrogen-bond donors (Lipinski definition) is 2. The molecule has 6 heteroatoms. The highest BCUT2D eigenvalue weighted by molar-refractivity contribution is 7.71. The van der Waals surface area contributed by atoms with Gasteiger partial charge >= 0.3 is 0 Å². The maximum atomic E-state index is 6.11. The minimum Gasteiger partial charge on any atom is -0.369 e. The Morgan fingerprint density at radius 1 is 1.38 bits per heavy atom. The number of benzene rings is 1. The summed E-state index contributed by atoms with van der Waals surface area (Å²) >= 11 is 11.0. The van der Waals surface area contributed by atoms with Crippen LogP contribution in [0.4, 0.5) is 5.95 Å². The third kappa shape index (κ3) is 2.20. The fraction of sp³-hybridized carbons (Fsp3) is 0.100. The number of hydrogen-bond acceptors (Lipinski definition) is 4. The number of H-pyrrole nitrogens is 1. The molecule has 2 aromatic rings. The number of nitrogens with zero attached hydrogens (tertiary/aromatic N) is 2. The Morgan fingerprint density at radius 2 is 2.12 bits per heavy atom. The molecule has 0 saturated heterocycles. The molecule has 2 rings (SSSR count). The van der Waals surface area contributed by atoms with Crippen LogP contribution in [0.2, 0.25) is 5.02 Å². The van der Waals surface area contributed by atoms with Gasteiger partial charge in [0.25, 0.3) is 0 Å². The van der Waals surface area contributed by atoms with Gasteiger partial charge in [-0.2, -0.15) is 4.98 Å². The average molecular weight is 253 g/mol.